The van der Waals surface area contributed by atoms with E-state index in [-0.39, 0.29) is 11.7 Å². The first-order valence-corrected chi connectivity index (χ1v) is 3.87. The molecule has 0 bridgehead atoms. The predicted octanol–water partition coefficient (Wildman–Crippen LogP) is 1.77. The maximum absolute atomic E-state index is 10.8. The molecule has 0 N–H and O–H groups in total. The fraction of sp³-hybridized carbons (Fsp3) is 0.667. The van der Waals surface area contributed by atoms with Crippen molar-refractivity contribution in [2.45, 2.75) is 33.6 Å². The monoisotopic (exact) mass is 154 g/mol. The lowest BCUT2D eigenvalue weighted by Crippen LogP contribution is -2.09. The summed E-state index contributed by atoms with van der Waals surface area (Å²) >= 11 is 0. The molecule has 0 saturated carbocycles. The summed E-state index contributed by atoms with van der Waals surface area (Å²) in [4.78, 5) is 21.1. The summed E-state index contributed by atoms with van der Waals surface area (Å²) in [6.45, 7) is 5.22. The molecule has 0 radical (unpaired) electrons. The van der Waals surface area contributed by atoms with Gasteiger partial charge in [0.15, 0.2) is 0 Å². The third-order valence-electron chi connectivity index (χ3n) is 1.78. The third kappa shape index (κ3) is 3.15. The van der Waals surface area contributed by atoms with Gasteiger partial charge in [-0.1, -0.05) is 20.3 Å². The van der Waals surface area contributed by atoms with Gasteiger partial charge in [0.1, 0.15) is 11.7 Å². The van der Waals surface area contributed by atoms with Gasteiger partial charge in [-0.25, -0.2) is 4.79 Å². The topological polar surface area (TPSA) is 34.1 Å². The van der Waals surface area contributed by atoms with E-state index in [4.69, 9.17) is 0 Å². The average molecular weight is 154 g/mol. The summed E-state index contributed by atoms with van der Waals surface area (Å²) in [7, 11) is 0. The molecule has 0 aliphatic heterocycles. The quantitative estimate of drug-likeness (QED) is 0.578. The SMILES string of the molecule is CCCC(=C=O)C(C)C(C)=O. The van der Waals surface area contributed by atoms with Gasteiger partial charge in [-0.05, 0) is 13.3 Å². The highest BCUT2D eigenvalue weighted by atomic mass is 16.1. The number of ketones is 1. The Balaban J connectivity index is 4.28. The number of hydrogen-bond donors (Lipinski definition) is 0. The Labute approximate surface area is 67.3 Å². The molecule has 62 valence electrons. The Hall–Kier alpha value is -0.880. The Bertz CT molecular complexity index is 188. The molecule has 0 heterocycles. The first kappa shape index (κ1) is 10.1. The molecule has 0 saturated heterocycles. The molecule has 0 aromatic carbocycles. The number of carbonyl (C=O) groups is 1. The van der Waals surface area contributed by atoms with Crippen LogP contribution in [-0.2, 0) is 9.59 Å². The second kappa shape index (κ2) is 4.86. The van der Waals surface area contributed by atoms with E-state index in [9.17, 15) is 9.59 Å². The van der Waals surface area contributed by atoms with Gasteiger partial charge in [0.25, 0.3) is 0 Å². The number of allylic oxidation sites excluding steroid dienone is 1. The molecule has 0 rings (SSSR count). The molecular formula is C9H14O2. The second-order valence-corrected chi connectivity index (χ2v) is 2.71. The van der Waals surface area contributed by atoms with E-state index < -0.39 is 0 Å². The van der Waals surface area contributed by atoms with Crippen molar-refractivity contribution in [3.05, 3.63) is 5.57 Å². The normalized spacial score (nSPS) is 11.9. The van der Waals surface area contributed by atoms with Crippen LogP contribution < -0.4 is 0 Å². The molecule has 0 aromatic rings. The maximum Gasteiger partial charge on any atom is 0.137 e. The van der Waals surface area contributed by atoms with Crippen LogP contribution >= 0.6 is 0 Å². The summed E-state index contributed by atoms with van der Waals surface area (Å²) < 4.78 is 0. The smallest absolute Gasteiger partial charge is 0.137 e. The van der Waals surface area contributed by atoms with Gasteiger partial charge in [-0.15, -0.1) is 0 Å². The minimum atomic E-state index is -0.243. The molecule has 0 aromatic heterocycles. The molecule has 1 unspecified atom stereocenters. The van der Waals surface area contributed by atoms with E-state index in [0.29, 0.717) is 12.0 Å². The Morgan fingerprint density at radius 1 is 1.55 bits per heavy atom. The van der Waals surface area contributed by atoms with Gasteiger partial charge in [0.2, 0.25) is 0 Å². The first-order valence-electron chi connectivity index (χ1n) is 3.87. The van der Waals surface area contributed by atoms with E-state index in [2.05, 4.69) is 0 Å². The fourth-order valence-electron chi connectivity index (χ4n) is 0.871. The minimum Gasteiger partial charge on any atom is -0.299 e. The Kier molecular flexibility index (Phi) is 4.47. The lowest BCUT2D eigenvalue weighted by molar-refractivity contribution is -0.119. The molecule has 0 aliphatic carbocycles. The molecule has 0 spiro atoms. The summed E-state index contributed by atoms with van der Waals surface area (Å²) in [6, 6.07) is 0. The van der Waals surface area contributed by atoms with Gasteiger partial charge in [0, 0.05) is 11.5 Å². The van der Waals surface area contributed by atoms with E-state index in [1.807, 2.05) is 12.9 Å². The standard InChI is InChI=1S/C9H14O2/c1-4-5-9(6-10)7(2)8(3)11/h7H,4-5H2,1-3H3. The van der Waals surface area contributed by atoms with Crippen molar-refractivity contribution in [2.75, 3.05) is 0 Å². The molecule has 0 amide bonds. The summed E-state index contributed by atoms with van der Waals surface area (Å²) in [5, 5.41) is 0. The van der Waals surface area contributed by atoms with Gasteiger partial charge < -0.3 is 0 Å². The van der Waals surface area contributed by atoms with E-state index in [1.54, 1.807) is 6.92 Å². The minimum absolute atomic E-state index is 0.0387. The second-order valence-electron chi connectivity index (χ2n) is 2.71. The van der Waals surface area contributed by atoms with Crippen molar-refractivity contribution < 1.29 is 9.59 Å². The van der Waals surface area contributed by atoms with E-state index >= 15 is 0 Å². The van der Waals surface area contributed by atoms with Crippen molar-refractivity contribution >= 4 is 11.7 Å². The molecule has 2 heteroatoms. The zero-order valence-corrected chi connectivity index (χ0v) is 7.31. The van der Waals surface area contributed by atoms with Crippen LogP contribution in [-0.4, -0.2) is 11.7 Å². The van der Waals surface area contributed by atoms with Gasteiger partial charge in [-0.2, -0.15) is 0 Å². The molecular weight excluding hydrogens is 140 g/mol. The molecule has 0 fully saturated rings. The highest BCUT2D eigenvalue weighted by Crippen LogP contribution is 2.13. The van der Waals surface area contributed by atoms with Crippen molar-refractivity contribution in [2.24, 2.45) is 5.92 Å². The van der Waals surface area contributed by atoms with Crippen molar-refractivity contribution in [3.8, 4) is 0 Å². The van der Waals surface area contributed by atoms with Crippen LogP contribution in [0.5, 0.6) is 0 Å². The lowest BCUT2D eigenvalue weighted by atomic mass is 9.95. The Morgan fingerprint density at radius 2 is 2.09 bits per heavy atom. The number of hydrogen-bond acceptors (Lipinski definition) is 2. The largest absolute Gasteiger partial charge is 0.299 e. The number of carbonyl (C=O) groups excluding carboxylic acids is 2. The molecule has 2 nitrogen and oxygen atoms in total. The van der Waals surface area contributed by atoms with Crippen LogP contribution in [0.25, 0.3) is 0 Å². The van der Waals surface area contributed by atoms with Crippen LogP contribution in [0.1, 0.15) is 33.6 Å². The fourth-order valence-corrected chi connectivity index (χ4v) is 0.871. The van der Waals surface area contributed by atoms with Gasteiger partial charge >= 0.3 is 0 Å². The zero-order chi connectivity index (χ0) is 8.85. The summed E-state index contributed by atoms with van der Waals surface area (Å²) in [5.41, 5.74) is 0.597. The highest BCUT2D eigenvalue weighted by Gasteiger charge is 2.13. The van der Waals surface area contributed by atoms with Crippen LogP contribution in [0.2, 0.25) is 0 Å². The van der Waals surface area contributed by atoms with Crippen molar-refractivity contribution in [1.82, 2.24) is 0 Å². The summed E-state index contributed by atoms with van der Waals surface area (Å²) in [6.07, 6.45) is 1.58. The Morgan fingerprint density at radius 3 is 2.36 bits per heavy atom. The van der Waals surface area contributed by atoms with Crippen molar-refractivity contribution in [1.29, 1.82) is 0 Å². The maximum atomic E-state index is 10.8. The average Bonchev–Trinajstić information content (AvgIpc) is 1.98. The molecule has 1 atom stereocenters. The number of Topliss-reactive ketones (excluding diaryl/α,β-unsaturated/α-hetero) is 1. The third-order valence-corrected chi connectivity index (χ3v) is 1.78. The lowest BCUT2D eigenvalue weighted by Gasteiger charge is -2.06. The number of rotatable bonds is 4. The van der Waals surface area contributed by atoms with Gasteiger partial charge in [0.05, 0.1) is 0 Å². The zero-order valence-electron chi connectivity index (χ0n) is 7.31. The first-order chi connectivity index (χ1) is 5.13. The predicted molar refractivity (Wildman–Crippen MR) is 44.0 cm³/mol. The van der Waals surface area contributed by atoms with Crippen LogP contribution in [0.4, 0.5) is 0 Å². The van der Waals surface area contributed by atoms with Crippen LogP contribution in [0.15, 0.2) is 5.57 Å². The van der Waals surface area contributed by atoms with Crippen LogP contribution in [0.3, 0.4) is 0 Å². The molecule has 11 heavy (non-hydrogen) atoms. The van der Waals surface area contributed by atoms with E-state index in [1.165, 1.54) is 6.92 Å². The summed E-state index contributed by atoms with van der Waals surface area (Å²) in [5.74, 6) is 1.63. The van der Waals surface area contributed by atoms with Crippen LogP contribution in [0, 0.1) is 5.92 Å². The van der Waals surface area contributed by atoms with Crippen molar-refractivity contribution in [3.63, 3.8) is 0 Å². The molecule has 0 aliphatic rings. The van der Waals surface area contributed by atoms with E-state index in [0.717, 1.165) is 6.42 Å². The van der Waals surface area contributed by atoms with Gasteiger partial charge in [-0.3, -0.25) is 4.79 Å². The highest BCUT2D eigenvalue weighted by molar-refractivity contribution is 5.83.